The predicted molar refractivity (Wildman–Crippen MR) is 148 cm³/mol. The summed E-state index contributed by atoms with van der Waals surface area (Å²) >= 11 is 1.68. The minimum atomic E-state index is -0.235. The zero-order chi connectivity index (χ0) is 27.0. The maximum Gasteiger partial charge on any atom is 0.275 e. The monoisotopic (exact) mass is 526 g/mol. The lowest BCUT2D eigenvalue weighted by molar-refractivity contribution is -0.882. The fourth-order valence-corrected chi connectivity index (χ4v) is 5.01. The second-order valence-corrected chi connectivity index (χ2v) is 10.9. The van der Waals surface area contributed by atoms with Crippen molar-refractivity contribution in [1.82, 2.24) is 10.6 Å². The molecule has 0 fully saturated rings. The minimum Gasteiger partial charge on any atom is -0.398 e. The Morgan fingerprint density at radius 2 is 1.51 bits per heavy atom. The lowest BCUT2D eigenvalue weighted by Crippen LogP contribution is -2.48. The number of nitrogens with zero attached hydrogens (tertiary/aromatic N) is 1. The number of thioether (sulfide) groups is 1. The standard InChI is InChI=1S/C27H35N5O4S/c1-18(33)29-12-15-37-16-13-31-23(34)17-32(2,3)14-6-11-30-22-10-9-21(28)24-25(22)27(36)20-8-5-4-7-19(20)26(24)35/h4-5,7-10H,6,11-17H2,1-3H3,(H4-,28,29,30,31,33,34,35,36)/p+1. The van der Waals surface area contributed by atoms with E-state index < -0.39 is 0 Å². The summed E-state index contributed by atoms with van der Waals surface area (Å²) in [6.45, 7) is 4.39. The fourth-order valence-electron chi connectivity index (χ4n) is 4.31. The molecule has 1 aliphatic rings. The van der Waals surface area contributed by atoms with Gasteiger partial charge in [0, 0.05) is 67.0 Å². The normalized spacial score (nSPS) is 12.5. The first-order valence-corrected chi connectivity index (χ1v) is 13.5. The first kappa shape index (κ1) is 28.2. The van der Waals surface area contributed by atoms with Crippen molar-refractivity contribution in [2.24, 2.45) is 0 Å². The van der Waals surface area contributed by atoms with Crippen LogP contribution in [0.25, 0.3) is 0 Å². The Hall–Kier alpha value is -3.37. The quantitative estimate of drug-likeness (QED) is 0.152. The lowest BCUT2D eigenvalue weighted by atomic mass is 9.82. The number of nitrogens with one attached hydrogen (secondary N) is 3. The summed E-state index contributed by atoms with van der Waals surface area (Å²) in [6.07, 6.45) is 0.761. The van der Waals surface area contributed by atoms with Crippen LogP contribution in [0.2, 0.25) is 0 Å². The van der Waals surface area contributed by atoms with Gasteiger partial charge < -0.3 is 26.2 Å². The highest BCUT2D eigenvalue weighted by molar-refractivity contribution is 7.99. The van der Waals surface area contributed by atoms with Crippen molar-refractivity contribution in [3.8, 4) is 0 Å². The van der Waals surface area contributed by atoms with Gasteiger partial charge in [0.05, 0.1) is 31.8 Å². The van der Waals surface area contributed by atoms with E-state index >= 15 is 0 Å². The number of carbonyl (C=O) groups excluding carboxylic acids is 4. The summed E-state index contributed by atoms with van der Waals surface area (Å²) in [7, 11) is 4.01. The third-order valence-corrected chi connectivity index (χ3v) is 7.11. The molecule has 2 aromatic carbocycles. The Kier molecular flexibility index (Phi) is 9.71. The molecule has 0 aliphatic heterocycles. The van der Waals surface area contributed by atoms with Crippen molar-refractivity contribution < 1.29 is 23.7 Å². The average Bonchev–Trinajstić information content (AvgIpc) is 2.84. The molecule has 0 heterocycles. The third kappa shape index (κ3) is 7.56. The van der Waals surface area contributed by atoms with Gasteiger partial charge in [0.15, 0.2) is 18.1 Å². The highest BCUT2D eigenvalue weighted by Crippen LogP contribution is 2.35. The Balaban J connectivity index is 1.47. The molecule has 0 radical (unpaired) electrons. The second kappa shape index (κ2) is 12.7. The smallest absolute Gasteiger partial charge is 0.275 e. The Bertz CT molecular complexity index is 1180. The lowest BCUT2D eigenvalue weighted by Gasteiger charge is -2.29. The number of fused-ring (bicyclic) bond motifs is 2. The van der Waals surface area contributed by atoms with E-state index in [0.29, 0.717) is 58.7 Å². The number of hydrogen-bond acceptors (Lipinski definition) is 7. The third-order valence-electron chi connectivity index (χ3n) is 6.12. The van der Waals surface area contributed by atoms with E-state index in [9.17, 15) is 19.2 Å². The molecular weight excluding hydrogens is 490 g/mol. The summed E-state index contributed by atoms with van der Waals surface area (Å²) in [4.78, 5) is 49.5. The molecule has 0 aromatic heterocycles. The first-order valence-electron chi connectivity index (χ1n) is 12.4. The van der Waals surface area contributed by atoms with Crippen molar-refractivity contribution in [3.05, 3.63) is 58.7 Å². The average molecular weight is 527 g/mol. The van der Waals surface area contributed by atoms with Crippen LogP contribution >= 0.6 is 11.8 Å². The molecule has 3 rings (SSSR count). The van der Waals surface area contributed by atoms with Gasteiger partial charge in [0.1, 0.15) is 0 Å². The van der Waals surface area contributed by atoms with Crippen molar-refractivity contribution in [1.29, 1.82) is 0 Å². The highest BCUT2D eigenvalue weighted by Gasteiger charge is 2.33. The van der Waals surface area contributed by atoms with Crippen LogP contribution in [0.5, 0.6) is 0 Å². The van der Waals surface area contributed by atoms with E-state index in [1.54, 1.807) is 48.2 Å². The van der Waals surface area contributed by atoms with Gasteiger partial charge >= 0.3 is 0 Å². The summed E-state index contributed by atoms with van der Waals surface area (Å²) in [6, 6.07) is 10.2. The first-order chi connectivity index (χ1) is 17.6. The number of ketones is 2. The van der Waals surface area contributed by atoms with Gasteiger partial charge in [-0.2, -0.15) is 11.8 Å². The number of carbonyl (C=O) groups is 4. The van der Waals surface area contributed by atoms with E-state index in [4.69, 9.17) is 5.73 Å². The van der Waals surface area contributed by atoms with E-state index in [0.717, 1.165) is 24.5 Å². The number of benzene rings is 2. The molecule has 37 heavy (non-hydrogen) atoms. The molecule has 0 saturated carbocycles. The van der Waals surface area contributed by atoms with Crippen LogP contribution in [-0.2, 0) is 9.59 Å². The van der Waals surface area contributed by atoms with E-state index in [-0.39, 0.29) is 28.9 Å². The molecule has 2 amide bonds. The number of likely N-dealkylation sites (N-methyl/N-ethyl adjacent to an activating group) is 1. The number of rotatable bonds is 13. The molecule has 0 saturated heterocycles. The summed E-state index contributed by atoms with van der Waals surface area (Å²) in [5.41, 5.74) is 8.34. The number of nitrogens with two attached hydrogens (primary N) is 1. The maximum atomic E-state index is 13.2. The Morgan fingerprint density at radius 3 is 2.16 bits per heavy atom. The number of anilines is 2. The van der Waals surface area contributed by atoms with E-state index in [1.807, 2.05) is 14.1 Å². The van der Waals surface area contributed by atoms with Crippen LogP contribution in [-0.4, -0.2) is 86.2 Å². The molecule has 10 heteroatoms. The second-order valence-electron chi connectivity index (χ2n) is 9.70. The van der Waals surface area contributed by atoms with Gasteiger partial charge in [-0.15, -0.1) is 0 Å². The van der Waals surface area contributed by atoms with Gasteiger partial charge in [-0.1, -0.05) is 24.3 Å². The molecule has 0 atom stereocenters. The fraction of sp³-hybridized carbons (Fsp3) is 0.407. The molecule has 0 spiro atoms. The maximum absolute atomic E-state index is 13.2. The van der Waals surface area contributed by atoms with E-state index in [1.165, 1.54) is 6.92 Å². The van der Waals surface area contributed by atoms with Crippen LogP contribution in [0.4, 0.5) is 11.4 Å². The molecule has 198 valence electrons. The van der Waals surface area contributed by atoms with Crippen LogP contribution < -0.4 is 21.7 Å². The molecule has 1 aliphatic carbocycles. The zero-order valence-electron chi connectivity index (χ0n) is 21.7. The van der Waals surface area contributed by atoms with Crippen molar-refractivity contribution in [2.45, 2.75) is 13.3 Å². The Morgan fingerprint density at radius 1 is 0.892 bits per heavy atom. The largest absolute Gasteiger partial charge is 0.398 e. The SMILES string of the molecule is CC(=O)NCCSCCNC(=O)C[N+](C)(C)CCCNc1ccc(N)c2c1C(=O)c1ccccc1C2=O. The number of quaternary nitrogens is 1. The summed E-state index contributed by atoms with van der Waals surface area (Å²) < 4.78 is 0.522. The van der Waals surface area contributed by atoms with Crippen molar-refractivity contribution in [2.75, 3.05) is 69.4 Å². The Labute approximate surface area is 222 Å². The van der Waals surface area contributed by atoms with E-state index in [2.05, 4.69) is 16.0 Å². The molecule has 5 N–H and O–H groups in total. The van der Waals surface area contributed by atoms with Gasteiger partial charge in [0.2, 0.25) is 5.91 Å². The molecule has 0 bridgehead atoms. The molecule has 0 unspecified atom stereocenters. The topological polar surface area (TPSA) is 130 Å². The summed E-state index contributed by atoms with van der Waals surface area (Å²) in [5, 5.41) is 9.00. The predicted octanol–water partition coefficient (Wildman–Crippen LogP) is 1.91. The highest BCUT2D eigenvalue weighted by atomic mass is 32.2. The summed E-state index contributed by atoms with van der Waals surface area (Å²) in [5.74, 6) is 1.12. The van der Waals surface area contributed by atoms with Crippen molar-refractivity contribution >= 4 is 46.5 Å². The number of hydrogen-bond donors (Lipinski definition) is 4. The van der Waals surface area contributed by atoms with Crippen molar-refractivity contribution in [3.63, 3.8) is 0 Å². The van der Waals surface area contributed by atoms with Crippen LogP contribution in [0.15, 0.2) is 36.4 Å². The molecular formula is C27H36N5O4S+. The van der Waals surface area contributed by atoms with Gasteiger partial charge in [-0.05, 0) is 12.1 Å². The molecule has 9 nitrogen and oxygen atoms in total. The van der Waals surface area contributed by atoms with Crippen LogP contribution in [0.3, 0.4) is 0 Å². The van der Waals surface area contributed by atoms with Gasteiger partial charge in [-0.3, -0.25) is 19.2 Å². The van der Waals surface area contributed by atoms with Crippen LogP contribution in [0.1, 0.15) is 45.2 Å². The van der Waals surface area contributed by atoms with Gasteiger partial charge in [0.25, 0.3) is 5.91 Å². The van der Waals surface area contributed by atoms with Gasteiger partial charge in [-0.25, -0.2) is 0 Å². The molecule has 2 aromatic rings. The zero-order valence-corrected chi connectivity index (χ0v) is 22.5. The minimum absolute atomic E-state index is 0.00389. The number of amides is 2. The van der Waals surface area contributed by atoms with Crippen LogP contribution in [0, 0.1) is 0 Å². The number of nitrogen functional groups attached to an aromatic ring is 1.